The minimum absolute atomic E-state index is 0.0374. The number of nitrogens with one attached hydrogen (secondary N) is 1. The normalized spacial score (nSPS) is 21.7. The van der Waals surface area contributed by atoms with Gasteiger partial charge in [0.25, 0.3) is 0 Å². The fourth-order valence-corrected chi connectivity index (χ4v) is 7.26. The number of carbonyl (C=O) groups is 1. The fourth-order valence-electron chi connectivity index (χ4n) is 6.56. The lowest BCUT2D eigenvalue weighted by Gasteiger charge is -2.50. The van der Waals surface area contributed by atoms with Gasteiger partial charge in [0.2, 0.25) is 5.91 Å². The Bertz CT molecular complexity index is 1620. The lowest BCUT2D eigenvalue weighted by atomic mass is 9.52. The molecule has 4 aromatic carbocycles. The molecule has 0 fully saturated rings. The molecule has 2 bridgehead atoms. The Morgan fingerprint density at radius 2 is 1.47 bits per heavy atom. The number of anilines is 1. The Kier molecular flexibility index (Phi) is 4.71. The molecule has 3 aliphatic carbocycles. The highest BCUT2D eigenvalue weighted by Gasteiger charge is 2.53. The molecule has 4 heteroatoms. The molecule has 3 nitrogen and oxygen atoms in total. The van der Waals surface area contributed by atoms with E-state index in [1.54, 1.807) is 0 Å². The zero-order valence-corrected chi connectivity index (χ0v) is 21.1. The first-order valence-corrected chi connectivity index (χ1v) is 13.4. The lowest BCUT2D eigenvalue weighted by Crippen LogP contribution is -2.47. The van der Waals surface area contributed by atoms with Crippen LogP contribution in [0.1, 0.15) is 53.0 Å². The van der Waals surface area contributed by atoms with Crippen LogP contribution in [0.4, 0.5) is 5.13 Å². The number of carbonyl (C=O) groups excluding carboxylic acids is 1. The van der Waals surface area contributed by atoms with Gasteiger partial charge >= 0.3 is 0 Å². The Morgan fingerprint density at radius 1 is 0.861 bits per heavy atom. The highest BCUT2D eigenvalue weighted by molar-refractivity contribution is 7.14. The van der Waals surface area contributed by atoms with Gasteiger partial charge in [-0.15, -0.1) is 11.3 Å². The minimum Gasteiger partial charge on any atom is -0.301 e. The zero-order valence-electron chi connectivity index (χ0n) is 20.3. The van der Waals surface area contributed by atoms with Crippen LogP contribution in [0.5, 0.6) is 0 Å². The molecule has 0 spiro atoms. The van der Waals surface area contributed by atoms with E-state index in [9.17, 15) is 4.79 Å². The molecule has 3 aliphatic rings. The number of amides is 1. The monoisotopic (exact) mass is 486 g/mol. The third kappa shape index (κ3) is 3.04. The van der Waals surface area contributed by atoms with Gasteiger partial charge in [0, 0.05) is 22.8 Å². The SMILES string of the molecule is Cc1ccc(-c2csc(NC(=O)C3(C)CC4c5ccccc5C3c3ccccc34)n2)c2ccccc12. The van der Waals surface area contributed by atoms with Crippen LogP contribution in [0.15, 0.2) is 90.3 Å². The smallest absolute Gasteiger partial charge is 0.233 e. The largest absolute Gasteiger partial charge is 0.301 e. The summed E-state index contributed by atoms with van der Waals surface area (Å²) in [6, 6.07) is 30.0. The van der Waals surface area contributed by atoms with E-state index in [0.29, 0.717) is 5.13 Å². The molecular formula is C32H26N2OS. The first-order valence-electron chi connectivity index (χ1n) is 12.5. The summed E-state index contributed by atoms with van der Waals surface area (Å²) in [5.41, 5.74) is 8.02. The number of nitrogens with zero attached hydrogens (tertiary/aromatic N) is 1. The van der Waals surface area contributed by atoms with Gasteiger partial charge < -0.3 is 5.32 Å². The molecule has 1 unspecified atom stereocenters. The summed E-state index contributed by atoms with van der Waals surface area (Å²) in [6.45, 7) is 4.27. The van der Waals surface area contributed by atoms with Crippen molar-refractivity contribution in [3.8, 4) is 11.3 Å². The molecule has 1 atom stereocenters. The summed E-state index contributed by atoms with van der Waals surface area (Å²) < 4.78 is 0. The molecule has 0 saturated heterocycles. The van der Waals surface area contributed by atoms with E-state index in [-0.39, 0.29) is 17.7 Å². The van der Waals surface area contributed by atoms with Gasteiger partial charge in [-0.3, -0.25) is 4.79 Å². The van der Waals surface area contributed by atoms with E-state index < -0.39 is 5.41 Å². The van der Waals surface area contributed by atoms with E-state index in [1.807, 2.05) is 5.38 Å². The molecule has 1 heterocycles. The molecule has 36 heavy (non-hydrogen) atoms. The first-order chi connectivity index (χ1) is 17.5. The maximum absolute atomic E-state index is 14.0. The van der Waals surface area contributed by atoms with Crippen molar-refractivity contribution >= 4 is 33.1 Å². The van der Waals surface area contributed by atoms with Crippen LogP contribution in [-0.2, 0) is 4.79 Å². The van der Waals surface area contributed by atoms with Crippen molar-refractivity contribution in [3.63, 3.8) is 0 Å². The summed E-state index contributed by atoms with van der Waals surface area (Å²) in [7, 11) is 0. The second-order valence-electron chi connectivity index (χ2n) is 10.3. The van der Waals surface area contributed by atoms with E-state index in [2.05, 4.69) is 104 Å². The van der Waals surface area contributed by atoms with E-state index >= 15 is 0 Å². The maximum atomic E-state index is 14.0. The van der Waals surface area contributed by atoms with Gasteiger partial charge in [-0.1, -0.05) is 84.9 Å². The third-order valence-electron chi connectivity index (χ3n) is 8.29. The number of hydrogen-bond donors (Lipinski definition) is 1. The molecule has 1 aromatic heterocycles. The average Bonchev–Trinajstić information content (AvgIpc) is 3.37. The predicted octanol–water partition coefficient (Wildman–Crippen LogP) is 7.90. The summed E-state index contributed by atoms with van der Waals surface area (Å²) in [5, 5.41) is 8.34. The zero-order chi connectivity index (χ0) is 24.4. The summed E-state index contributed by atoms with van der Waals surface area (Å²) in [4.78, 5) is 18.8. The number of rotatable bonds is 3. The third-order valence-corrected chi connectivity index (χ3v) is 9.05. The van der Waals surface area contributed by atoms with E-state index in [1.165, 1.54) is 49.9 Å². The number of aryl methyl sites for hydroxylation is 1. The first kappa shape index (κ1) is 21.5. The number of thiazole rings is 1. The van der Waals surface area contributed by atoms with Gasteiger partial charge in [0.05, 0.1) is 11.1 Å². The summed E-state index contributed by atoms with van der Waals surface area (Å²) in [6.07, 6.45) is 0.804. The highest BCUT2D eigenvalue weighted by Crippen LogP contribution is 2.61. The van der Waals surface area contributed by atoms with Gasteiger partial charge in [-0.2, -0.15) is 0 Å². The molecule has 8 rings (SSSR count). The van der Waals surface area contributed by atoms with Gasteiger partial charge in [-0.25, -0.2) is 4.98 Å². The topological polar surface area (TPSA) is 42.0 Å². The van der Waals surface area contributed by atoms with Crippen molar-refractivity contribution in [1.29, 1.82) is 0 Å². The molecule has 0 saturated carbocycles. The Balaban J connectivity index is 1.24. The number of aromatic nitrogens is 1. The van der Waals surface area contributed by atoms with E-state index in [0.717, 1.165) is 17.7 Å². The maximum Gasteiger partial charge on any atom is 0.233 e. The number of benzene rings is 4. The molecule has 5 aromatic rings. The average molecular weight is 487 g/mol. The van der Waals surface area contributed by atoms with Crippen molar-refractivity contribution in [2.75, 3.05) is 5.32 Å². The Hall–Kier alpha value is -3.76. The van der Waals surface area contributed by atoms with Crippen LogP contribution in [0.3, 0.4) is 0 Å². The molecule has 176 valence electrons. The highest BCUT2D eigenvalue weighted by atomic mass is 32.1. The van der Waals surface area contributed by atoms with Gasteiger partial charge in [0.1, 0.15) is 0 Å². The number of hydrogen-bond acceptors (Lipinski definition) is 3. The van der Waals surface area contributed by atoms with Crippen molar-refractivity contribution in [2.45, 2.75) is 32.1 Å². The minimum atomic E-state index is -0.546. The van der Waals surface area contributed by atoms with Crippen LogP contribution >= 0.6 is 11.3 Å². The summed E-state index contributed by atoms with van der Waals surface area (Å²) >= 11 is 1.50. The predicted molar refractivity (Wildman–Crippen MR) is 148 cm³/mol. The van der Waals surface area contributed by atoms with Gasteiger partial charge in [-0.05, 0) is 58.9 Å². The Morgan fingerprint density at radius 3 is 2.17 bits per heavy atom. The van der Waals surface area contributed by atoms with Crippen molar-refractivity contribution in [3.05, 3.63) is 118 Å². The second-order valence-corrected chi connectivity index (χ2v) is 11.2. The van der Waals surface area contributed by atoms with Crippen LogP contribution < -0.4 is 5.32 Å². The van der Waals surface area contributed by atoms with Crippen LogP contribution in [0.2, 0.25) is 0 Å². The molecule has 0 radical (unpaired) electrons. The molecule has 1 amide bonds. The molecular weight excluding hydrogens is 460 g/mol. The van der Waals surface area contributed by atoms with Crippen molar-refractivity contribution in [2.24, 2.45) is 5.41 Å². The fraction of sp³-hybridized carbons (Fsp3) is 0.188. The van der Waals surface area contributed by atoms with Crippen molar-refractivity contribution < 1.29 is 4.79 Å². The lowest BCUT2D eigenvalue weighted by molar-refractivity contribution is -0.126. The second kappa shape index (κ2) is 7.87. The van der Waals surface area contributed by atoms with Crippen LogP contribution in [0, 0.1) is 12.3 Å². The standard InChI is InChI=1S/C32H26N2OS/c1-19-15-16-24(21-10-4-3-9-20(19)21)28-18-36-31(33-28)34-30(35)32(2)17-27-22-11-5-7-13-25(22)29(32)26-14-8-6-12-23(26)27/h3-16,18,27,29H,17H2,1-2H3,(H,33,34,35). The van der Waals surface area contributed by atoms with E-state index in [4.69, 9.17) is 4.98 Å². The Labute approximate surface area is 214 Å². The molecule has 0 aliphatic heterocycles. The van der Waals surface area contributed by atoms with Crippen LogP contribution in [-0.4, -0.2) is 10.9 Å². The van der Waals surface area contributed by atoms with Crippen molar-refractivity contribution in [1.82, 2.24) is 4.98 Å². The quantitative estimate of drug-likeness (QED) is 0.282. The number of fused-ring (bicyclic) bond motifs is 2. The summed E-state index contributed by atoms with van der Waals surface area (Å²) in [5.74, 6) is 0.329. The molecule has 1 N–H and O–H groups in total. The van der Waals surface area contributed by atoms with Gasteiger partial charge in [0.15, 0.2) is 5.13 Å². The van der Waals surface area contributed by atoms with Crippen LogP contribution in [0.25, 0.3) is 22.0 Å².